The molecule has 5 heteroatoms. The van der Waals surface area contributed by atoms with E-state index in [9.17, 15) is 4.79 Å². The summed E-state index contributed by atoms with van der Waals surface area (Å²) >= 11 is 0. The van der Waals surface area contributed by atoms with Crippen LogP contribution in [-0.4, -0.2) is 24.5 Å². The molecule has 1 atom stereocenters. The summed E-state index contributed by atoms with van der Waals surface area (Å²) in [5.74, 6) is 0.771. The van der Waals surface area contributed by atoms with Crippen molar-refractivity contribution in [3.05, 3.63) is 41.2 Å². The third-order valence-electron chi connectivity index (χ3n) is 3.15. The molecule has 21 heavy (non-hydrogen) atoms. The van der Waals surface area contributed by atoms with Crippen LogP contribution in [0.25, 0.3) is 6.08 Å². The van der Waals surface area contributed by atoms with Crippen molar-refractivity contribution in [2.45, 2.75) is 32.9 Å². The van der Waals surface area contributed by atoms with Gasteiger partial charge in [0, 0.05) is 13.0 Å². The van der Waals surface area contributed by atoms with E-state index in [0.29, 0.717) is 24.6 Å². The summed E-state index contributed by atoms with van der Waals surface area (Å²) in [4.78, 5) is 16.0. The lowest BCUT2D eigenvalue weighted by Crippen LogP contribution is -2.26. The molecule has 0 spiro atoms. The van der Waals surface area contributed by atoms with Crippen LogP contribution >= 0.6 is 0 Å². The maximum Gasteiger partial charge on any atom is 0.289 e. The molecule has 0 saturated carbocycles. The quantitative estimate of drug-likeness (QED) is 0.376. The molecule has 1 aliphatic heterocycles. The number of hydrogen-bond donors (Lipinski definition) is 2. The lowest BCUT2D eigenvalue weighted by atomic mass is 10.1. The Hall–Kier alpha value is -2.30. The SMILES string of the molecule is CC(N)=NCCCC1NC(=O)/C(=C/c2ccc(C)cc2)O1. The van der Waals surface area contributed by atoms with Crippen molar-refractivity contribution in [2.75, 3.05) is 6.54 Å². The van der Waals surface area contributed by atoms with Crippen molar-refractivity contribution in [3.63, 3.8) is 0 Å². The van der Waals surface area contributed by atoms with Crippen LogP contribution < -0.4 is 11.1 Å². The average molecular weight is 287 g/mol. The molecule has 1 aromatic carbocycles. The third kappa shape index (κ3) is 4.63. The van der Waals surface area contributed by atoms with E-state index in [0.717, 1.165) is 12.0 Å². The minimum Gasteiger partial charge on any atom is -0.465 e. The molecule has 3 N–H and O–H groups in total. The zero-order valence-electron chi connectivity index (χ0n) is 12.4. The number of amidine groups is 1. The Morgan fingerprint density at radius 2 is 2.14 bits per heavy atom. The van der Waals surface area contributed by atoms with E-state index in [-0.39, 0.29) is 12.1 Å². The summed E-state index contributed by atoms with van der Waals surface area (Å²) in [5.41, 5.74) is 7.60. The fraction of sp³-hybridized carbons (Fsp3) is 0.375. The summed E-state index contributed by atoms with van der Waals surface area (Å²) in [5, 5.41) is 2.81. The van der Waals surface area contributed by atoms with Gasteiger partial charge in [-0.3, -0.25) is 9.79 Å². The maximum atomic E-state index is 11.8. The number of rotatable bonds is 5. The van der Waals surface area contributed by atoms with Gasteiger partial charge in [0.25, 0.3) is 5.91 Å². The van der Waals surface area contributed by atoms with Gasteiger partial charge in [-0.05, 0) is 31.9 Å². The van der Waals surface area contributed by atoms with E-state index in [2.05, 4.69) is 10.3 Å². The fourth-order valence-corrected chi connectivity index (χ4v) is 2.03. The number of benzene rings is 1. The van der Waals surface area contributed by atoms with Crippen LogP contribution in [0.15, 0.2) is 35.0 Å². The van der Waals surface area contributed by atoms with E-state index in [4.69, 9.17) is 10.5 Å². The monoisotopic (exact) mass is 287 g/mol. The molecule has 1 saturated heterocycles. The number of aliphatic imine (C=N–C) groups is 1. The van der Waals surface area contributed by atoms with Crippen molar-refractivity contribution in [3.8, 4) is 0 Å². The number of aryl methyl sites for hydroxylation is 1. The summed E-state index contributed by atoms with van der Waals surface area (Å²) in [7, 11) is 0. The molecule has 112 valence electrons. The Labute approximate surface area is 124 Å². The van der Waals surface area contributed by atoms with Gasteiger partial charge in [0.05, 0.1) is 5.84 Å². The number of ether oxygens (including phenoxy) is 1. The number of hydrogen-bond acceptors (Lipinski definition) is 3. The average Bonchev–Trinajstić information content (AvgIpc) is 2.78. The minimum atomic E-state index is -0.275. The lowest BCUT2D eigenvalue weighted by Gasteiger charge is -2.08. The first-order valence-electron chi connectivity index (χ1n) is 7.07. The third-order valence-corrected chi connectivity index (χ3v) is 3.15. The molecular formula is C16H21N3O2. The van der Waals surface area contributed by atoms with Gasteiger partial charge in [0.1, 0.15) is 0 Å². The predicted molar refractivity (Wildman–Crippen MR) is 83.6 cm³/mol. The Morgan fingerprint density at radius 3 is 2.81 bits per heavy atom. The van der Waals surface area contributed by atoms with Gasteiger partial charge in [-0.2, -0.15) is 0 Å². The molecule has 1 aliphatic rings. The summed E-state index contributed by atoms with van der Waals surface area (Å²) in [6.07, 6.45) is 3.02. The van der Waals surface area contributed by atoms with Crippen molar-refractivity contribution >= 4 is 17.8 Å². The number of nitrogens with zero attached hydrogens (tertiary/aromatic N) is 1. The van der Waals surface area contributed by atoms with Gasteiger partial charge in [0.15, 0.2) is 12.0 Å². The first-order chi connectivity index (χ1) is 10.0. The minimum absolute atomic E-state index is 0.168. The van der Waals surface area contributed by atoms with Gasteiger partial charge >= 0.3 is 0 Å². The number of carbonyl (C=O) groups excluding carboxylic acids is 1. The molecule has 2 rings (SSSR count). The molecule has 5 nitrogen and oxygen atoms in total. The van der Waals surface area contributed by atoms with E-state index in [1.807, 2.05) is 31.2 Å². The molecule has 1 amide bonds. The smallest absolute Gasteiger partial charge is 0.289 e. The molecular weight excluding hydrogens is 266 g/mol. The highest BCUT2D eigenvalue weighted by atomic mass is 16.5. The first kappa shape index (κ1) is 15.1. The van der Waals surface area contributed by atoms with Crippen LogP contribution in [0.3, 0.4) is 0 Å². The topological polar surface area (TPSA) is 76.7 Å². The highest BCUT2D eigenvalue weighted by molar-refractivity contribution is 5.97. The van der Waals surface area contributed by atoms with Crippen molar-refractivity contribution < 1.29 is 9.53 Å². The molecule has 0 bridgehead atoms. The van der Waals surface area contributed by atoms with E-state index in [1.54, 1.807) is 13.0 Å². The molecule has 1 heterocycles. The summed E-state index contributed by atoms with van der Waals surface area (Å²) < 4.78 is 5.64. The number of nitrogens with two attached hydrogens (primary N) is 1. The first-order valence-corrected chi connectivity index (χ1v) is 7.07. The zero-order chi connectivity index (χ0) is 15.2. The van der Waals surface area contributed by atoms with Crippen LogP contribution in [0.5, 0.6) is 0 Å². The molecule has 1 aromatic rings. The fourth-order valence-electron chi connectivity index (χ4n) is 2.03. The van der Waals surface area contributed by atoms with Crippen molar-refractivity contribution in [1.82, 2.24) is 5.32 Å². The highest BCUT2D eigenvalue weighted by Crippen LogP contribution is 2.18. The molecule has 1 fully saturated rings. The van der Waals surface area contributed by atoms with Crippen LogP contribution in [0.2, 0.25) is 0 Å². The second-order valence-corrected chi connectivity index (χ2v) is 5.16. The second-order valence-electron chi connectivity index (χ2n) is 5.16. The Morgan fingerprint density at radius 1 is 1.43 bits per heavy atom. The largest absolute Gasteiger partial charge is 0.465 e. The summed E-state index contributed by atoms with van der Waals surface area (Å²) in [6.45, 7) is 4.43. The Balaban J connectivity index is 1.90. The molecule has 1 unspecified atom stereocenters. The Bertz CT molecular complexity index is 557. The van der Waals surface area contributed by atoms with Crippen LogP contribution in [-0.2, 0) is 9.53 Å². The Kier molecular flexibility index (Phi) is 4.98. The number of carbonyl (C=O) groups is 1. The van der Waals surface area contributed by atoms with Gasteiger partial charge < -0.3 is 15.8 Å². The maximum absolute atomic E-state index is 11.8. The predicted octanol–water partition coefficient (Wildman–Crippen LogP) is 1.97. The van der Waals surface area contributed by atoms with Gasteiger partial charge in [-0.25, -0.2) is 0 Å². The van der Waals surface area contributed by atoms with E-state index in [1.165, 1.54) is 5.56 Å². The van der Waals surface area contributed by atoms with Crippen LogP contribution in [0.4, 0.5) is 0 Å². The normalized spacial score (nSPS) is 20.5. The van der Waals surface area contributed by atoms with Gasteiger partial charge in [-0.15, -0.1) is 0 Å². The van der Waals surface area contributed by atoms with E-state index >= 15 is 0 Å². The molecule has 0 aliphatic carbocycles. The van der Waals surface area contributed by atoms with Gasteiger partial charge in [-0.1, -0.05) is 29.8 Å². The number of amides is 1. The standard InChI is InChI=1S/C16H21N3O2/c1-11-5-7-13(8-6-11)10-14-16(20)19-15(21-14)4-3-9-18-12(2)17/h5-8,10,15H,3-4,9H2,1-2H3,(H2,17,18)(H,19,20)/b14-10-. The lowest BCUT2D eigenvalue weighted by molar-refractivity contribution is -0.116. The van der Waals surface area contributed by atoms with Crippen molar-refractivity contribution in [2.24, 2.45) is 10.7 Å². The van der Waals surface area contributed by atoms with Crippen LogP contribution in [0, 0.1) is 6.92 Å². The molecule has 0 aromatic heterocycles. The summed E-state index contributed by atoms with van der Waals surface area (Å²) in [6, 6.07) is 7.93. The second kappa shape index (κ2) is 6.92. The van der Waals surface area contributed by atoms with Crippen LogP contribution in [0.1, 0.15) is 30.9 Å². The zero-order valence-corrected chi connectivity index (χ0v) is 12.4. The van der Waals surface area contributed by atoms with E-state index < -0.39 is 0 Å². The van der Waals surface area contributed by atoms with Gasteiger partial charge in [0.2, 0.25) is 0 Å². The molecule has 0 radical (unpaired) electrons. The number of nitrogens with one attached hydrogen (secondary N) is 1. The highest BCUT2D eigenvalue weighted by Gasteiger charge is 2.27. The van der Waals surface area contributed by atoms with Crippen molar-refractivity contribution in [1.29, 1.82) is 0 Å².